The van der Waals surface area contributed by atoms with Gasteiger partial charge in [-0.2, -0.15) is 0 Å². The quantitative estimate of drug-likeness (QED) is 0.758. The number of carboxylic acid groups (broad SMARTS) is 1. The first-order chi connectivity index (χ1) is 9.31. The molecule has 3 nitrogen and oxygen atoms in total. The van der Waals surface area contributed by atoms with Crippen LogP contribution in [0.25, 0.3) is 10.9 Å². The van der Waals surface area contributed by atoms with Gasteiger partial charge in [-0.1, -0.05) is 29.8 Å². The number of pyridine rings is 1. The van der Waals surface area contributed by atoms with Crippen molar-refractivity contribution >= 4 is 48.7 Å². The minimum Gasteiger partial charge on any atom is -0.478 e. The van der Waals surface area contributed by atoms with E-state index in [-0.39, 0.29) is 5.41 Å². The number of carbonyl (C=O) groups is 1. The van der Waals surface area contributed by atoms with Crippen molar-refractivity contribution in [1.82, 2.24) is 4.98 Å². The van der Waals surface area contributed by atoms with Gasteiger partial charge in [-0.3, -0.25) is 4.98 Å². The molecule has 0 atom stereocenters. The second-order valence-electron chi connectivity index (χ2n) is 5.79. The highest BCUT2D eigenvalue weighted by atomic mass is 79.9. The molecule has 1 aliphatic rings. The molecule has 0 saturated heterocycles. The zero-order chi connectivity index (χ0) is 14.7. The van der Waals surface area contributed by atoms with E-state index in [2.05, 4.69) is 45.7 Å². The van der Waals surface area contributed by atoms with Crippen molar-refractivity contribution in [2.24, 2.45) is 0 Å². The molecule has 104 valence electrons. The number of carboxylic acids is 1. The third-order valence-corrected chi connectivity index (χ3v) is 5.03. The van der Waals surface area contributed by atoms with E-state index in [1.54, 1.807) is 0 Å². The van der Waals surface area contributed by atoms with Crippen molar-refractivity contribution < 1.29 is 9.90 Å². The first kappa shape index (κ1) is 14.0. The summed E-state index contributed by atoms with van der Waals surface area (Å²) < 4.78 is 1.66. The number of hydrogen-bond acceptors (Lipinski definition) is 2. The monoisotopic (exact) mass is 397 g/mol. The van der Waals surface area contributed by atoms with E-state index in [0.717, 1.165) is 38.6 Å². The van der Waals surface area contributed by atoms with E-state index in [0.29, 0.717) is 10.9 Å². The summed E-state index contributed by atoms with van der Waals surface area (Å²) in [5.74, 6) is -0.878. The number of hydrogen-bond donors (Lipinski definition) is 1. The van der Waals surface area contributed by atoms with Crippen LogP contribution in [-0.2, 0) is 11.8 Å². The Morgan fingerprint density at radius 3 is 2.70 bits per heavy atom. The number of halogens is 2. The predicted octanol–water partition coefficient (Wildman–Crippen LogP) is 4.68. The van der Waals surface area contributed by atoms with E-state index >= 15 is 0 Å². The summed E-state index contributed by atoms with van der Waals surface area (Å²) in [5, 5.41) is 10.3. The maximum Gasteiger partial charge on any atom is 0.336 e. The van der Waals surface area contributed by atoms with Crippen LogP contribution in [0.4, 0.5) is 0 Å². The van der Waals surface area contributed by atoms with E-state index in [1.165, 1.54) is 0 Å². The molecule has 0 spiro atoms. The SMILES string of the molecule is CC1(C)CCc2c1nc1c(Br)cc(Br)cc1c2C(=O)O. The Kier molecular flexibility index (Phi) is 3.18. The van der Waals surface area contributed by atoms with Crippen molar-refractivity contribution in [1.29, 1.82) is 0 Å². The molecule has 1 aromatic heterocycles. The highest BCUT2D eigenvalue weighted by Gasteiger charge is 2.35. The molecule has 1 N–H and O–H groups in total. The normalized spacial score (nSPS) is 16.4. The molecular weight excluding hydrogens is 386 g/mol. The Bertz CT molecular complexity index is 753. The summed E-state index contributed by atoms with van der Waals surface area (Å²) in [6.45, 7) is 4.24. The van der Waals surface area contributed by atoms with Gasteiger partial charge in [-0.05, 0) is 46.5 Å². The van der Waals surface area contributed by atoms with E-state index in [4.69, 9.17) is 4.98 Å². The second kappa shape index (κ2) is 4.53. The fraction of sp³-hybridized carbons (Fsp3) is 0.333. The molecule has 0 amide bonds. The number of fused-ring (bicyclic) bond motifs is 2. The second-order valence-corrected chi connectivity index (χ2v) is 7.56. The smallest absolute Gasteiger partial charge is 0.336 e. The van der Waals surface area contributed by atoms with E-state index in [9.17, 15) is 9.90 Å². The Morgan fingerprint density at radius 1 is 1.35 bits per heavy atom. The summed E-state index contributed by atoms with van der Waals surface area (Å²) in [6.07, 6.45) is 1.71. The number of aromatic carboxylic acids is 1. The molecular formula is C15H13Br2NO2. The number of nitrogens with zero attached hydrogens (tertiary/aromatic N) is 1. The fourth-order valence-corrected chi connectivity index (χ4v) is 4.25. The van der Waals surface area contributed by atoms with Gasteiger partial charge in [0.25, 0.3) is 0 Å². The maximum absolute atomic E-state index is 11.7. The molecule has 0 aliphatic heterocycles. The van der Waals surface area contributed by atoms with Crippen LogP contribution in [0.3, 0.4) is 0 Å². The van der Waals surface area contributed by atoms with Gasteiger partial charge in [-0.15, -0.1) is 0 Å². The lowest BCUT2D eigenvalue weighted by atomic mass is 9.89. The summed E-state index contributed by atoms with van der Waals surface area (Å²) in [4.78, 5) is 16.5. The van der Waals surface area contributed by atoms with Gasteiger partial charge in [0.05, 0.1) is 16.8 Å². The van der Waals surface area contributed by atoms with Crippen LogP contribution in [-0.4, -0.2) is 16.1 Å². The molecule has 1 aromatic carbocycles. The average molecular weight is 399 g/mol. The molecule has 0 unspecified atom stereocenters. The Morgan fingerprint density at radius 2 is 2.05 bits per heavy atom. The Hall–Kier alpha value is -0.940. The predicted molar refractivity (Wildman–Crippen MR) is 85.4 cm³/mol. The van der Waals surface area contributed by atoms with Gasteiger partial charge < -0.3 is 5.11 Å². The zero-order valence-electron chi connectivity index (χ0n) is 11.1. The first-order valence-electron chi connectivity index (χ1n) is 6.36. The van der Waals surface area contributed by atoms with Crippen LogP contribution in [0.15, 0.2) is 21.1 Å². The highest BCUT2D eigenvalue weighted by molar-refractivity contribution is 9.11. The van der Waals surface area contributed by atoms with Gasteiger partial charge in [0, 0.05) is 19.7 Å². The van der Waals surface area contributed by atoms with Crippen LogP contribution >= 0.6 is 31.9 Å². The van der Waals surface area contributed by atoms with Gasteiger partial charge in [0.15, 0.2) is 0 Å². The minimum absolute atomic E-state index is 0.0692. The molecule has 0 saturated carbocycles. The largest absolute Gasteiger partial charge is 0.478 e. The molecule has 0 fully saturated rings. The maximum atomic E-state index is 11.7. The van der Waals surface area contributed by atoms with Crippen molar-refractivity contribution in [3.8, 4) is 0 Å². The summed E-state index contributed by atoms with van der Waals surface area (Å²) >= 11 is 6.91. The molecule has 1 aliphatic carbocycles. The number of rotatable bonds is 1. The lowest BCUT2D eigenvalue weighted by Crippen LogP contribution is -2.15. The van der Waals surface area contributed by atoms with Crippen molar-refractivity contribution in [2.75, 3.05) is 0 Å². The van der Waals surface area contributed by atoms with Crippen LogP contribution in [0.2, 0.25) is 0 Å². The van der Waals surface area contributed by atoms with Crippen molar-refractivity contribution in [3.05, 3.63) is 37.9 Å². The zero-order valence-corrected chi connectivity index (χ0v) is 14.3. The van der Waals surface area contributed by atoms with Gasteiger partial charge in [0.2, 0.25) is 0 Å². The van der Waals surface area contributed by atoms with Gasteiger partial charge >= 0.3 is 5.97 Å². The third-order valence-electron chi connectivity index (χ3n) is 3.96. The molecule has 20 heavy (non-hydrogen) atoms. The molecule has 5 heteroatoms. The Labute approximate surface area is 133 Å². The summed E-state index contributed by atoms with van der Waals surface area (Å²) in [6, 6.07) is 3.73. The van der Waals surface area contributed by atoms with Gasteiger partial charge in [-0.25, -0.2) is 4.79 Å². The third kappa shape index (κ3) is 1.99. The average Bonchev–Trinajstić information content (AvgIpc) is 2.62. The lowest BCUT2D eigenvalue weighted by molar-refractivity contribution is 0.0698. The molecule has 3 rings (SSSR count). The summed E-state index contributed by atoms with van der Waals surface area (Å²) in [5.41, 5.74) is 2.86. The van der Waals surface area contributed by atoms with Crippen LogP contribution in [0, 0.1) is 0 Å². The van der Waals surface area contributed by atoms with Crippen LogP contribution in [0.5, 0.6) is 0 Å². The molecule has 0 radical (unpaired) electrons. The van der Waals surface area contributed by atoms with E-state index in [1.807, 2.05) is 12.1 Å². The molecule has 0 bridgehead atoms. The number of benzene rings is 1. The molecule has 2 aromatic rings. The molecule has 1 heterocycles. The Balaban J connectivity index is 2.51. The highest BCUT2D eigenvalue weighted by Crippen LogP contribution is 2.42. The standard InChI is InChI=1S/C15H13Br2NO2/c1-15(2)4-3-8-11(14(19)20)9-5-7(16)6-10(17)12(9)18-13(8)15/h5-6H,3-4H2,1-2H3,(H,19,20). The van der Waals surface area contributed by atoms with Crippen LogP contribution < -0.4 is 0 Å². The van der Waals surface area contributed by atoms with Crippen LogP contribution in [0.1, 0.15) is 41.9 Å². The van der Waals surface area contributed by atoms with Crippen molar-refractivity contribution in [3.63, 3.8) is 0 Å². The minimum atomic E-state index is -0.878. The fourth-order valence-electron chi connectivity index (χ4n) is 2.93. The first-order valence-corrected chi connectivity index (χ1v) is 7.95. The topological polar surface area (TPSA) is 50.2 Å². The van der Waals surface area contributed by atoms with Gasteiger partial charge in [0.1, 0.15) is 0 Å². The summed E-state index contributed by atoms with van der Waals surface area (Å²) in [7, 11) is 0. The van der Waals surface area contributed by atoms with E-state index < -0.39 is 5.97 Å². The lowest BCUT2D eigenvalue weighted by Gasteiger charge is -2.19. The number of aromatic nitrogens is 1. The van der Waals surface area contributed by atoms with Crippen molar-refractivity contribution in [2.45, 2.75) is 32.1 Å².